The number of pyridine rings is 1. The molecule has 0 spiro atoms. The van der Waals surface area contributed by atoms with E-state index in [1.165, 1.54) is 6.07 Å². The topological polar surface area (TPSA) is 83.6 Å². The Kier molecular flexibility index (Phi) is 9.38. The molecule has 0 aliphatic carbocycles. The molecule has 4 rings (SSSR count). The molecule has 2 unspecified atom stereocenters. The Morgan fingerprint density at radius 2 is 1.70 bits per heavy atom. The van der Waals surface area contributed by atoms with Crippen molar-refractivity contribution in [1.29, 1.82) is 0 Å². The highest BCUT2D eigenvalue weighted by atomic mass is 35.5. The van der Waals surface area contributed by atoms with Gasteiger partial charge in [0.1, 0.15) is 19.0 Å². The summed E-state index contributed by atoms with van der Waals surface area (Å²) < 4.78 is 11.5. The lowest BCUT2D eigenvalue weighted by atomic mass is 10.1. The second-order valence-corrected chi connectivity index (χ2v) is 9.41. The number of ether oxygens (including phenoxy) is 2. The Balaban J connectivity index is 1.22. The van der Waals surface area contributed by atoms with Gasteiger partial charge in [-0.05, 0) is 54.3 Å². The van der Waals surface area contributed by atoms with Crippen molar-refractivity contribution in [3.63, 3.8) is 0 Å². The Morgan fingerprint density at radius 1 is 0.919 bits per heavy atom. The molecule has 0 saturated heterocycles. The van der Waals surface area contributed by atoms with Gasteiger partial charge in [-0.3, -0.25) is 4.79 Å². The molecule has 0 radical (unpaired) electrons. The summed E-state index contributed by atoms with van der Waals surface area (Å²) in [5.41, 5.74) is 3.42. The fraction of sp³-hybridized carbons (Fsp3) is 0.233. The number of hydrogen-bond acceptors (Lipinski definition) is 5. The minimum Gasteiger partial charge on any atom is -0.487 e. The zero-order valence-electron chi connectivity index (χ0n) is 20.7. The van der Waals surface area contributed by atoms with Crippen LogP contribution < -0.4 is 20.2 Å². The molecule has 2 atom stereocenters. The number of aliphatic hydroxyl groups is 1. The molecule has 6 nitrogen and oxygen atoms in total. The van der Waals surface area contributed by atoms with Crippen molar-refractivity contribution in [1.82, 2.24) is 10.3 Å². The number of aliphatic hydroxyl groups excluding tert-OH is 1. The van der Waals surface area contributed by atoms with Gasteiger partial charge in [-0.25, -0.2) is 0 Å². The molecule has 0 saturated carbocycles. The second kappa shape index (κ2) is 13.1. The highest BCUT2D eigenvalue weighted by Crippen LogP contribution is 2.18. The molecule has 0 bridgehead atoms. The number of rotatable bonds is 12. The van der Waals surface area contributed by atoms with Gasteiger partial charge in [-0.15, -0.1) is 0 Å². The summed E-state index contributed by atoms with van der Waals surface area (Å²) in [6.45, 7) is 3.10. The van der Waals surface area contributed by atoms with Crippen LogP contribution in [0.3, 0.4) is 0 Å². The summed E-state index contributed by atoms with van der Waals surface area (Å²) in [6.07, 6.45) is 1.76. The normalized spacial score (nSPS) is 12.6. The third kappa shape index (κ3) is 8.22. The third-order valence-corrected chi connectivity index (χ3v) is 6.16. The lowest BCUT2D eigenvalue weighted by Gasteiger charge is -2.18. The number of hydrogen-bond donors (Lipinski definition) is 3. The van der Waals surface area contributed by atoms with E-state index < -0.39 is 6.10 Å². The van der Waals surface area contributed by atoms with Crippen LogP contribution >= 0.6 is 11.6 Å². The highest BCUT2D eigenvalue weighted by molar-refractivity contribution is 6.30. The second-order valence-electron chi connectivity index (χ2n) is 8.98. The maximum atomic E-state index is 12.4. The zero-order valence-corrected chi connectivity index (χ0v) is 21.4. The number of benzene rings is 3. The first-order valence-corrected chi connectivity index (χ1v) is 12.6. The van der Waals surface area contributed by atoms with E-state index in [4.69, 9.17) is 21.1 Å². The molecule has 1 heterocycles. The Hall–Kier alpha value is -3.58. The van der Waals surface area contributed by atoms with Crippen LogP contribution in [0.15, 0.2) is 95.9 Å². The minimum atomic E-state index is -0.618. The molecular formula is C30H31ClN2O4. The van der Waals surface area contributed by atoms with Gasteiger partial charge in [-0.2, -0.15) is 0 Å². The van der Waals surface area contributed by atoms with Gasteiger partial charge < -0.3 is 24.9 Å². The predicted octanol–water partition coefficient (Wildman–Crippen LogP) is 5.44. The molecule has 0 amide bonds. The SMILES string of the molecule is CC(Cc1ccc(OCc2cc(=O)c(OCc3ccccc3)c[nH]2)cc1)NCC(O)c1cccc(Cl)c1. The highest BCUT2D eigenvalue weighted by Gasteiger charge is 2.11. The van der Waals surface area contributed by atoms with Gasteiger partial charge in [-0.1, -0.05) is 66.2 Å². The number of H-pyrrole nitrogens is 1. The first-order valence-electron chi connectivity index (χ1n) is 12.2. The molecule has 3 aromatic carbocycles. The van der Waals surface area contributed by atoms with E-state index in [1.54, 1.807) is 18.3 Å². The fourth-order valence-electron chi connectivity index (χ4n) is 3.88. The zero-order chi connectivity index (χ0) is 26.0. The van der Waals surface area contributed by atoms with E-state index in [9.17, 15) is 9.90 Å². The molecule has 192 valence electrons. The van der Waals surface area contributed by atoms with Crippen molar-refractivity contribution in [2.45, 2.75) is 38.7 Å². The van der Waals surface area contributed by atoms with Crippen LogP contribution in [0.1, 0.15) is 35.4 Å². The van der Waals surface area contributed by atoms with Crippen molar-refractivity contribution in [3.05, 3.63) is 129 Å². The van der Waals surface area contributed by atoms with Crippen LogP contribution in [0.5, 0.6) is 11.5 Å². The van der Waals surface area contributed by atoms with Gasteiger partial charge in [0.15, 0.2) is 5.75 Å². The van der Waals surface area contributed by atoms with Gasteiger partial charge >= 0.3 is 0 Å². The van der Waals surface area contributed by atoms with E-state index in [0.29, 0.717) is 29.6 Å². The largest absolute Gasteiger partial charge is 0.487 e. The van der Waals surface area contributed by atoms with Crippen LogP contribution in [-0.2, 0) is 19.6 Å². The monoisotopic (exact) mass is 518 g/mol. The van der Waals surface area contributed by atoms with E-state index in [-0.39, 0.29) is 23.8 Å². The average Bonchev–Trinajstić information content (AvgIpc) is 2.91. The maximum absolute atomic E-state index is 12.4. The number of aromatic amines is 1. The smallest absolute Gasteiger partial charge is 0.223 e. The molecule has 0 fully saturated rings. The first-order chi connectivity index (χ1) is 18.0. The van der Waals surface area contributed by atoms with Crippen LogP contribution in [0.2, 0.25) is 5.02 Å². The Morgan fingerprint density at radius 3 is 2.43 bits per heavy atom. The van der Waals surface area contributed by atoms with Crippen LogP contribution in [0, 0.1) is 0 Å². The molecule has 7 heteroatoms. The number of nitrogens with one attached hydrogen (secondary N) is 2. The van der Waals surface area contributed by atoms with Gasteiger partial charge in [0.25, 0.3) is 0 Å². The van der Waals surface area contributed by atoms with Crippen LogP contribution in [0.25, 0.3) is 0 Å². The van der Waals surface area contributed by atoms with E-state index in [2.05, 4.69) is 17.2 Å². The quantitative estimate of drug-likeness (QED) is 0.232. The standard InChI is InChI=1S/C30H31ClN2O4/c1-21(32-17-29(35)24-8-5-9-25(31)15-24)14-22-10-12-27(13-11-22)36-20-26-16-28(34)30(18-33-26)37-19-23-6-3-2-4-7-23/h2-13,15-16,18,21,29,32,35H,14,17,19-20H2,1H3,(H,33,34). The average molecular weight is 519 g/mol. The van der Waals surface area contributed by atoms with Crippen LogP contribution in [0.4, 0.5) is 0 Å². The molecule has 4 aromatic rings. The fourth-order valence-corrected chi connectivity index (χ4v) is 4.08. The van der Waals surface area contributed by atoms with Crippen molar-refractivity contribution >= 4 is 11.6 Å². The summed E-state index contributed by atoms with van der Waals surface area (Å²) in [6, 6.07) is 26.5. The van der Waals surface area contributed by atoms with Gasteiger partial charge in [0, 0.05) is 29.9 Å². The minimum absolute atomic E-state index is 0.174. The summed E-state index contributed by atoms with van der Waals surface area (Å²) in [5.74, 6) is 0.991. The summed E-state index contributed by atoms with van der Waals surface area (Å²) >= 11 is 6.01. The van der Waals surface area contributed by atoms with Crippen molar-refractivity contribution < 1.29 is 14.6 Å². The molecular weight excluding hydrogens is 488 g/mol. The lowest BCUT2D eigenvalue weighted by molar-refractivity contribution is 0.170. The summed E-state index contributed by atoms with van der Waals surface area (Å²) in [5, 5.41) is 14.4. The van der Waals surface area contributed by atoms with E-state index in [1.807, 2.05) is 66.7 Å². The van der Waals surface area contributed by atoms with Crippen molar-refractivity contribution in [2.24, 2.45) is 0 Å². The summed E-state index contributed by atoms with van der Waals surface area (Å²) in [7, 11) is 0. The van der Waals surface area contributed by atoms with E-state index in [0.717, 1.165) is 23.1 Å². The molecule has 1 aromatic heterocycles. The van der Waals surface area contributed by atoms with Crippen molar-refractivity contribution in [2.75, 3.05) is 6.54 Å². The van der Waals surface area contributed by atoms with Crippen molar-refractivity contribution in [3.8, 4) is 11.5 Å². The maximum Gasteiger partial charge on any atom is 0.223 e. The first kappa shape index (κ1) is 26.5. The van der Waals surface area contributed by atoms with Gasteiger partial charge in [0.2, 0.25) is 5.43 Å². The number of halogens is 1. The molecule has 0 aliphatic heterocycles. The summed E-state index contributed by atoms with van der Waals surface area (Å²) in [4.78, 5) is 15.5. The molecule has 37 heavy (non-hydrogen) atoms. The Labute approximate surface area is 221 Å². The van der Waals surface area contributed by atoms with E-state index >= 15 is 0 Å². The van der Waals surface area contributed by atoms with Crippen LogP contribution in [-0.4, -0.2) is 22.7 Å². The lowest BCUT2D eigenvalue weighted by Crippen LogP contribution is -2.32. The van der Waals surface area contributed by atoms with Gasteiger partial charge in [0.05, 0.1) is 11.8 Å². The Bertz CT molecular complexity index is 1330. The molecule has 0 aliphatic rings. The third-order valence-electron chi connectivity index (χ3n) is 5.93. The predicted molar refractivity (Wildman–Crippen MR) is 146 cm³/mol. The molecule has 3 N–H and O–H groups in total. The number of aromatic nitrogens is 1.